The van der Waals surface area contributed by atoms with E-state index >= 15 is 0 Å². The number of hydrogen-bond donors (Lipinski definition) is 1. The molecule has 2 atom stereocenters. The van der Waals surface area contributed by atoms with E-state index in [1.165, 1.54) is 0 Å². The Kier molecular flexibility index (Phi) is 4.63. The number of H-pyrrole nitrogens is 1. The molecule has 0 bridgehead atoms. The van der Waals surface area contributed by atoms with Gasteiger partial charge in [-0.25, -0.2) is 8.42 Å². The fourth-order valence-corrected chi connectivity index (χ4v) is 4.22. The molecule has 0 radical (unpaired) electrons. The van der Waals surface area contributed by atoms with Crippen molar-refractivity contribution in [1.29, 1.82) is 0 Å². The van der Waals surface area contributed by atoms with Crippen molar-refractivity contribution in [3.05, 3.63) is 11.4 Å². The summed E-state index contributed by atoms with van der Waals surface area (Å²) in [7, 11) is 1.49. The van der Waals surface area contributed by atoms with E-state index in [1.54, 1.807) is 4.90 Å². The van der Waals surface area contributed by atoms with Crippen LogP contribution in [-0.4, -0.2) is 42.0 Å². The highest BCUT2D eigenvalue weighted by atomic mass is 35.7. The largest absolute Gasteiger partial charge is 0.334 e. The lowest BCUT2D eigenvalue weighted by Gasteiger charge is -2.20. The molecule has 1 saturated heterocycles. The number of carbonyl (C=O) groups is 1. The average Bonchev–Trinajstić information content (AvgIpc) is 2.92. The molecule has 118 valence electrons. The molecule has 1 aliphatic rings. The van der Waals surface area contributed by atoms with E-state index in [0.717, 1.165) is 12.8 Å². The molecule has 1 aromatic heterocycles. The standard InChI is InChI=1S/C13H20ClN3O3S/c1-4-5-10-12(21(14,19)20)11(16-15-10)13(18)17-7-8(2)6-9(17)3/h8-9H,4-7H2,1-3H3,(H,15,16). The number of nitrogens with one attached hydrogen (secondary N) is 1. The smallest absolute Gasteiger partial charge is 0.276 e. The van der Waals surface area contributed by atoms with Crippen LogP contribution in [0.15, 0.2) is 4.90 Å². The zero-order valence-electron chi connectivity index (χ0n) is 12.4. The lowest BCUT2D eigenvalue weighted by Crippen LogP contribution is -2.34. The summed E-state index contributed by atoms with van der Waals surface area (Å²) in [6, 6.07) is 0.0738. The number of rotatable bonds is 4. The molecular weight excluding hydrogens is 314 g/mol. The van der Waals surface area contributed by atoms with Gasteiger partial charge in [-0.2, -0.15) is 5.10 Å². The van der Waals surface area contributed by atoms with Gasteiger partial charge in [0.2, 0.25) is 0 Å². The van der Waals surface area contributed by atoms with E-state index in [1.807, 2.05) is 13.8 Å². The molecule has 2 rings (SSSR count). The fraction of sp³-hybridized carbons (Fsp3) is 0.692. The molecule has 1 aromatic rings. The number of amides is 1. The van der Waals surface area contributed by atoms with Crippen molar-refractivity contribution in [1.82, 2.24) is 15.1 Å². The zero-order valence-corrected chi connectivity index (χ0v) is 14.0. The number of halogens is 1. The van der Waals surface area contributed by atoms with Crippen molar-refractivity contribution in [3.8, 4) is 0 Å². The Morgan fingerprint density at radius 1 is 1.48 bits per heavy atom. The van der Waals surface area contributed by atoms with Gasteiger partial charge < -0.3 is 4.90 Å². The van der Waals surface area contributed by atoms with Gasteiger partial charge in [0, 0.05) is 23.3 Å². The fourth-order valence-electron chi connectivity index (χ4n) is 2.91. The third kappa shape index (κ3) is 3.23. The first-order valence-electron chi connectivity index (χ1n) is 7.08. The van der Waals surface area contributed by atoms with Crippen LogP contribution in [0.3, 0.4) is 0 Å². The molecule has 1 fully saturated rings. The summed E-state index contributed by atoms with van der Waals surface area (Å²) in [6.45, 7) is 6.54. The highest BCUT2D eigenvalue weighted by Gasteiger charge is 2.36. The molecule has 0 saturated carbocycles. The van der Waals surface area contributed by atoms with Crippen molar-refractivity contribution in [2.24, 2.45) is 5.92 Å². The summed E-state index contributed by atoms with van der Waals surface area (Å²) in [6.07, 6.45) is 2.11. The summed E-state index contributed by atoms with van der Waals surface area (Å²) in [5.41, 5.74) is 0.310. The Morgan fingerprint density at radius 2 is 2.14 bits per heavy atom. The Bertz CT molecular complexity index is 641. The number of aryl methyl sites for hydroxylation is 1. The van der Waals surface area contributed by atoms with Gasteiger partial charge in [-0.3, -0.25) is 9.89 Å². The average molecular weight is 334 g/mol. The van der Waals surface area contributed by atoms with Gasteiger partial charge in [-0.05, 0) is 25.7 Å². The summed E-state index contributed by atoms with van der Waals surface area (Å²) >= 11 is 0. The number of carbonyl (C=O) groups excluding carboxylic acids is 1. The van der Waals surface area contributed by atoms with Crippen LogP contribution >= 0.6 is 10.7 Å². The lowest BCUT2D eigenvalue weighted by atomic mass is 10.1. The topological polar surface area (TPSA) is 83.1 Å². The van der Waals surface area contributed by atoms with E-state index in [0.29, 0.717) is 24.6 Å². The van der Waals surface area contributed by atoms with Gasteiger partial charge in [0.15, 0.2) is 5.69 Å². The Morgan fingerprint density at radius 3 is 2.62 bits per heavy atom. The second-order valence-electron chi connectivity index (χ2n) is 5.72. The van der Waals surface area contributed by atoms with Crippen LogP contribution in [0.25, 0.3) is 0 Å². The van der Waals surface area contributed by atoms with Gasteiger partial charge in [0.05, 0.1) is 5.69 Å². The zero-order chi connectivity index (χ0) is 15.8. The number of likely N-dealkylation sites (tertiary alicyclic amines) is 1. The molecule has 0 aliphatic carbocycles. The molecule has 8 heteroatoms. The third-order valence-electron chi connectivity index (χ3n) is 3.78. The maximum absolute atomic E-state index is 12.6. The minimum atomic E-state index is -4.02. The van der Waals surface area contributed by atoms with Crippen LogP contribution in [-0.2, 0) is 15.5 Å². The molecule has 21 heavy (non-hydrogen) atoms. The second-order valence-corrected chi connectivity index (χ2v) is 8.22. The second kappa shape index (κ2) is 5.96. The first kappa shape index (κ1) is 16.3. The molecule has 2 heterocycles. The van der Waals surface area contributed by atoms with Gasteiger partial charge in [-0.1, -0.05) is 20.3 Å². The van der Waals surface area contributed by atoms with Crippen molar-refractivity contribution in [2.45, 2.75) is 51.0 Å². The van der Waals surface area contributed by atoms with Crippen LogP contribution in [0.5, 0.6) is 0 Å². The molecule has 6 nitrogen and oxygen atoms in total. The van der Waals surface area contributed by atoms with Gasteiger partial charge in [0.25, 0.3) is 15.0 Å². The summed E-state index contributed by atoms with van der Waals surface area (Å²) in [5, 5.41) is 6.58. The highest BCUT2D eigenvalue weighted by molar-refractivity contribution is 8.13. The molecule has 1 aliphatic heterocycles. The van der Waals surface area contributed by atoms with Crippen molar-refractivity contribution in [3.63, 3.8) is 0 Å². The quantitative estimate of drug-likeness (QED) is 0.856. The minimum absolute atomic E-state index is 0.0738. The monoisotopic (exact) mass is 333 g/mol. The number of aromatic amines is 1. The van der Waals surface area contributed by atoms with E-state index < -0.39 is 9.05 Å². The number of aromatic nitrogens is 2. The molecular formula is C13H20ClN3O3S. The predicted octanol–water partition coefficient (Wildman–Crippen LogP) is 2.16. The van der Waals surface area contributed by atoms with Crippen molar-refractivity contribution >= 4 is 25.6 Å². The molecule has 1 amide bonds. The maximum atomic E-state index is 12.6. The Balaban J connectivity index is 2.42. The minimum Gasteiger partial charge on any atom is -0.334 e. The van der Waals surface area contributed by atoms with Gasteiger partial charge >= 0.3 is 0 Å². The van der Waals surface area contributed by atoms with Crippen molar-refractivity contribution < 1.29 is 13.2 Å². The first-order chi connectivity index (χ1) is 9.75. The van der Waals surface area contributed by atoms with Crippen molar-refractivity contribution in [2.75, 3.05) is 6.54 Å². The Hall–Kier alpha value is -1.08. The Labute approximate surface area is 129 Å². The summed E-state index contributed by atoms with van der Waals surface area (Å²) in [4.78, 5) is 14.1. The van der Waals surface area contributed by atoms with Crippen LogP contribution in [0.2, 0.25) is 0 Å². The van der Waals surface area contributed by atoms with Crippen LogP contribution in [0, 0.1) is 5.92 Å². The van der Waals surface area contributed by atoms with E-state index in [4.69, 9.17) is 10.7 Å². The van der Waals surface area contributed by atoms with Gasteiger partial charge in [0.1, 0.15) is 4.90 Å². The lowest BCUT2D eigenvalue weighted by molar-refractivity contribution is 0.0734. The molecule has 0 aromatic carbocycles. The summed E-state index contributed by atoms with van der Waals surface area (Å²) < 4.78 is 23.6. The number of hydrogen-bond acceptors (Lipinski definition) is 4. The van der Waals surface area contributed by atoms with E-state index in [9.17, 15) is 13.2 Å². The molecule has 1 N–H and O–H groups in total. The predicted molar refractivity (Wildman–Crippen MR) is 79.9 cm³/mol. The first-order valence-corrected chi connectivity index (χ1v) is 9.39. The van der Waals surface area contributed by atoms with Crippen LogP contribution < -0.4 is 0 Å². The third-order valence-corrected chi connectivity index (χ3v) is 5.17. The summed E-state index contributed by atoms with van der Waals surface area (Å²) in [5.74, 6) is 0.0266. The van der Waals surface area contributed by atoms with E-state index in [-0.39, 0.29) is 22.5 Å². The maximum Gasteiger partial charge on any atom is 0.276 e. The molecule has 2 unspecified atom stereocenters. The van der Waals surface area contributed by atoms with Gasteiger partial charge in [-0.15, -0.1) is 0 Å². The highest BCUT2D eigenvalue weighted by Crippen LogP contribution is 2.28. The SMILES string of the molecule is CCCc1[nH]nc(C(=O)N2CC(C)CC2C)c1S(=O)(=O)Cl. The normalized spacial score (nSPS) is 22.8. The molecule has 0 spiro atoms. The van der Waals surface area contributed by atoms with Crippen LogP contribution in [0.4, 0.5) is 0 Å². The van der Waals surface area contributed by atoms with E-state index in [2.05, 4.69) is 17.1 Å². The van der Waals surface area contributed by atoms with Crippen LogP contribution in [0.1, 0.15) is 49.8 Å². The number of nitrogens with zero attached hydrogens (tertiary/aromatic N) is 2.